The fourth-order valence-corrected chi connectivity index (χ4v) is 5.08. The number of carbonyl (C=O) groups excluding carboxylic acids is 4. The van der Waals surface area contributed by atoms with Gasteiger partial charge >= 0.3 is 24.0 Å². The summed E-state index contributed by atoms with van der Waals surface area (Å²) in [6.45, 7) is 11.4. The summed E-state index contributed by atoms with van der Waals surface area (Å²) in [5.74, 6) is 0.365. The first-order chi connectivity index (χ1) is 21.9. The molecular weight excluding hydrogens is 592 g/mol. The molecule has 0 aliphatic carbocycles. The summed E-state index contributed by atoms with van der Waals surface area (Å²) in [4.78, 5) is 49.7. The van der Waals surface area contributed by atoms with Gasteiger partial charge in [0.2, 0.25) is 0 Å². The molecule has 2 heterocycles. The summed E-state index contributed by atoms with van der Waals surface area (Å²) >= 11 is 0. The smallest absolute Gasteiger partial charge is 0.338 e. The number of benzene rings is 2. The lowest BCUT2D eigenvalue weighted by Gasteiger charge is -2.28. The number of nitrogens with one attached hydrogen (secondary N) is 4. The lowest BCUT2D eigenvalue weighted by atomic mass is 9.95. The molecule has 0 saturated carbocycles. The first-order valence-corrected chi connectivity index (χ1v) is 15.4. The fraction of sp³-hybridized carbons (Fsp3) is 0.412. The van der Waals surface area contributed by atoms with Gasteiger partial charge in [0.25, 0.3) is 0 Å². The van der Waals surface area contributed by atoms with Crippen LogP contribution in [0.4, 0.5) is 9.59 Å². The molecule has 0 bridgehead atoms. The van der Waals surface area contributed by atoms with E-state index in [-0.39, 0.29) is 24.3 Å². The number of urea groups is 2. The Hall–Kier alpha value is -5.00. The van der Waals surface area contributed by atoms with Gasteiger partial charge in [-0.15, -0.1) is 0 Å². The maximum absolute atomic E-state index is 12.7. The molecule has 2 unspecified atom stereocenters. The average Bonchev–Trinajstić information content (AvgIpc) is 2.98. The number of hydrogen-bond donors (Lipinski definition) is 4. The van der Waals surface area contributed by atoms with Crippen LogP contribution in [0, 0.1) is 0 Å². The molecule has 4 N–H and O–H groups in total. The van der Waals surface area contributed by atoms with Gasteiger partial charge in [-0.25, -0.2) is 19.2 Å². The van der Waals surface area contributed by atoms with Crippen molar-refractivity contribution in [1.29, 1.82) is 0 Å². The van der Waals surface area contributed by atoms with E-state index >= 15 is 0 Å². The molecule has 46 heavy (non-hydrogen) atoms. The number of esters is 2. The predicted molar refractivity (Wildman–Crippen MR) is 170 cm³/mol. The van der Waals surface area contributed by atoms with Crippen LogP contribution in [0.25, 0.3) is 0 Å². The van der Waals surface area contributed by atoms with E-state index in [9.17, 15) is 19.2 Å². The van der Waals surface area contributed by atoms with Crippen LogP contribution in [-0.2, 0) is 19.1 Å². The summed E-state index contributed by atoms with van der Waals surface area (Å²) in [6, 6.07) is 12.4. The van der Waals surface area contributed by atoms with Gasteiger partial charge in [-0.1, -0.05) is 24.3 Å². The van der Waals surface area contributed by atoms with Crippen LogP contribution in [-0.4, -0.2) is 49.4 Å². The van der Waals surface area contributed by atoms with Gasteiger partial charge in [0.05, 0.1) is 48.7 Å². The zero-order valence-electron chi connectivity index (χ0n) is 27.0. The number of ether oxygens (including phenoxy) is 4. The zero-order chi connectivity index (χ0) is 33.4. The summed E-state index contributed by atoms with van der Waals surface area (Å²) in [6.07, 6.45) is 0.927. The standard InChI is InChI=1S/C34H42N4O8/c1-19(2)45-31(39)27-21(5)35-33(41)37-29(27)23-9-13-25(14-10-23)43-17-7-8-18-44-26-15-11-24(12-16-26)30-28(32(40)46-20(3)4)22(6)36-34(42)38-30/h9-16,19-20,29-30H,7-8,17-18H2,1-6H3,(H2,35,37,41)(H2,36,38,42). The molecule has 12 heteroatoms. The van der Waals surface area contributed by atoms with Crippen molar-refractivity contribution in [2.24, 2.45) is 0 Å². The second kappa shape index (κ2) is 15.3. The molecule has 4 amide bonds. The third-order valence-electron chi connectivity index (χ3n) is 7.17. The largest absolute Gasteiger partial charge is 0.494 e. The van der Waals surface area contributed by atoms with Crippen LogP contribution in [0.1, 0.15) is 77.6 Å². The Labute approximate surface area is 268 Å². The molecule has 2 aromatic carbocycles. The average molecular weight is 635 g/mol. The molecule has 12 nitrogen and oxygen atoms in total. The number of amides is 4. The molecule has 0 saturated heterocycles. The van der Waals surface area contributed by atoms with Crippen molar-refractivity contribution >= 4 is 24.0 Å². The van der Waals surface area contributed by atoms with Crippen molar-refractivity contribution in [3.05, 3.63) is 82.2 Å². The summed E-state index contributed by atoms with van der Waals surface area (Å²) in [5.41, 5.74) is 3.10. The third-order valence-corrected chi connectivity index (χ3v) is 7.17. The highest BCUT2D eigenvalue weighted by molar-refractivity contribution is 5.95. The van der Waals surface area contributed by atoms with Crippen LogP contribution in [0.15, 0.2) is 71.1 Å². The maximum atomic E-state index is 12.7. The minimum atomic E-state index is -0.636. The van der Waals surface area contributed by atoms with Crippen LogP contribution in [0.5, 0.6) is 11.5 Å². The lowest BCUT2D eigenvalue weighted by Crippen LogP contribution is -2.45. The van der Waals surface area contributed by atoms with E-state index < -0.39 is 24.0 Å². The predicted octanol–water partition coefficient (Wildman–Crippen LogP) is 5.08. The van der Waals surface area contributed by atoms with Gasteiger partial charge in [-0.05, 0) is 89.8 Å². The van der Waals surface area contributed by atoms with Gasteiger partial charge in [0.1, 0.15) is 11.5 Å². The molecule has 2 aliphatic heterocycles. The van der Waals surface area contributed by atoms with E-state index in [1.165, 1.54) is 0 Å². The molecule has 2 aliphatic rings. The van der Waals surface area contributed by atoms with Crippen molar-refractivity contribution in [3.8, 4) is 11.5 Å². The van der Waals surface area contributed by atoms with E-state index in [2.05, 4.69) is 21.3 Å². The van der Waals surface area contributed by atoms with Gasteiger partial charge in [0.15, 0.2) is 0 Å². The van der Waals surface area contributed by atoms with E-state index in [0.717, 1.165) is 24.0 Å². The van der Waals surface area contributed by atoms with Crippen LogP contribution in [0.3, 0.4) is 0 Å². The van der Waals surface area contributed by atoms with Crippen LogP contribution >= 0.6 is 0 Å². The topological polar surface area (TPSA) is 153 Å². The maximum Gasteiger partial charge on any atom is 0.338 e. The second-order valence-electron chi connectivity index (χ2n) is 11.6. The Kier molecular flexibility index (Phi) is 11.3. The van der Waals surface area contributed by atoms with Crippen molar-refractivity contribution in [3.63, 3.8) is 0 Å². The van der Waals surface area contributed by atoms with Gasteiger partial charge in [0, 0.05) is 11.4 Å². The number of rotatable bonds is 13. The van der Waals surface area contributed by atoms with Crippen molar-refractivity contribution in [1.82, 2.24) is 21.3 Å². The molecule has 0 spiro atoms. The Balaban J connectivity index is 1.25. The SMILES string of the molecule is CC1=C(C(=O)OC(C)C)C(c2ccc(OCCCCOc3ccc(C4NC(=O)NC(C)=C4C(=O)OC(C)C)cc3)cc2)NC(=O)N1. The molecule has 2 aromatic rings. The van der Waals surface area contributed by atoms with Crippen LogP contribution < -0.4 is 30.7 Å². The lowest BCUT2D eigenvalue weighted by molar-refractivity contribution is -0.144. The number of hydrogen-bond acceptors (Lipinski definition) is 8. The highest BCUT2D eigenvalue weighted by Gasteiger charge is 2.34. The van der Waals surface area contributed by atoms with Gasteiger partial charge < -0.3 is 40.2 Å². The molecule has 0 aromatic heterocycles. The summed E-state index contributed by atoms with van der Waals surface area (Å²) in [7, 11) is 0. The monoisotopic (exact) mass is 634 g/mol. The first-order valence-electron chi connectivity index (χ1n) is 15.4. The molecule has 4 rings (SSSR count). The highest BCUT2D eigenvalue weighted by Crippen LogP contribution is 2.30. The van der Waals surface area contributed by atoms with E-state index in [1.807, 2.05) is 24.3 Å². The number of unbranched alkanes of at least 4 members (excludes halogenated alkanes) is 1. The summed E-state index contributed by atoms with van der Waals surface area (Å²) < 4.78 is 22.5. The Bertz CT molecular complexity index is 1380. The molecule has 0 fully saturated rings. The fourth-order valence-electron chi connectivity index (χ4n) is 5.08. The molecule has 0 radical (unpaired) electrons. The molecular formula is C34H42N4O8. The first kappa shape index (κ1) is 33.9. The third kappa shape index (κ3) is 8.80. The Morgan fingerprint density at radius 3 is 1.30 bits per heavy atom. The zero-order valence-corrected chi connectivity index (χ0v) is 27.0. The van der Waals surface area contributed by atoms with Gasteiger partial charge in [-0.2, -0.15) is 0 Å². The van der Waals surface area contributed by atoms with Gasteiger partial charge in [-0.3, -0.25) is 0 Å². The Morgan fingerprint density at radius 2 is 0.978 bits per heavy atom. The Morgan fingerprint density at radius 1 is 0.630 bits per heavy atom. The minimum Gasteiger partial charge on any atom is -0.494 e. The van der Waals surface area contributed by atoms with E-state index in [0.29, 0.717) is 47.3 Å². The number of allylic oxidation sites excluding steroid dienone is 2. The van der Waals surface area contributed by atoms with Crippen molar-refractivity contribution in [2.75, 3.05) is 13.2 Å². The van der Waals surface area contributed by atoms with E-state index in [4.69, 9.17) is 18.9 Å². The second-order valence-corrected chi connectivity index (χ2v) is 11.6. The minimum absolute atomic E-state index is 0.290. The van der Waals surface area contributed by atoms with Crippen molar-refractivity contribution in [2.45, 2.75) is 78.7 Å². The van der Waals surface area contributed by atoms with Crippen LogP contribution in [0.2, 0.25) is 0 Å². The highest BCUT2D eigenvalue weighted by atomic mass is 16.5. The normalized spacial score (nSPS) is 18.0. The summed E-state index contributed by atoms with van der Waals surface area (Å²) in [5, 5.41) is 10.9. The molecule has 246 valence electrons. The molecule has 2 atom stereocenters. The number of carbonyl (C=O) groups is 4. The van der Waals surface area contributed by atoms with Crippen molar-refractivity contribution < 1.29 is 38.1 Å². The van der Waals surface area contributed by atoms with E-state index in [1.54, 1.807) is 65.8 Å². The quantitative estimate of drug-likeness (QED) is 0.176.